The summed E-state index contributed by atoms with van der Waals surface area (Å²) in [7, 11) is 0. The van der Waals surface area contributed by atoms with Crippen molar-refractivity contribution in [3.05, 3.63) is 111 Å². The number of benzene rings is 3. The van der Waals surface area contributed by atoms with Gasteiger partial charge in [-0.05, 0) is 0 Å². The van der Waals surface area contributed by atoms with Gasteiger partial charge in [-0.1, -0.05) is 0 Å². The molecule has 0 N–H and O–H groups in total. The minimum atomic E-state index is -0.223. The van der Waals surface area contributed by atoms with Gasteiger partial charge in [0, 0.05) is 0 Å². The van der Waals surface area contributed by atoms with Gasteiger partial charge in [0.25, 0.3) is 0 Å². The van der Waals surface area contributed by atoms with E-state index in [0.29, 0.717) is 11.1 Å². The molecule has 1 aliphatic carbocycles. The molecule has 2 aliphatic heterocycles. The van der Waals surface area contributed by atoms with E-state index >= 15 is 0 Å². The predicted octanol–water partition coefficient (Wildman–Crippen LogP) is 6.38. The van der Waals surface area contributed by atoms with Crippen LogP contribution in [-0.4, -0.2) is 32.3 Å². The molecule has 0 atom stereocenters. The van der Waals surface area contributed by atoms with Crippen LogP contribution in [0, 0.1) is 0 Å². The van der Waals surface area contributed by atoms with E-state index in [4.69, 9.17) is 4.99 Å². The first-order chi connectivity index (χ1) is 16.9. The van der Waals surface area contributed by atoms with Crippen LogP contribution in [0.4, 0.5) is 21.6 Å². The minimum absolute atomic E-state index is 0.0861. The summed E-state index contributed by atoms with van der Waals surface area (Å²) in [5, 5.41) is 0. The van der Waals surface area contributed by atoms with Gasteiger partial charge in [0.05, 0.1) is 0 Å². The normalized spacial score (nSPS) is 16.4. The topological polar surface area (TPSA) is 49.7 Å². The summed E-state index contributed by atoms with van der Waals surface area (Å²) in [5.41, 5.74) is 7.80. The number of Topliss-reactive ketones (excluding diaryl/α,β-unsaturated/α-hetero) is 2. The second-order valence-electron chi connectivity index (χ2n) is 9.58. The average Bonchev–Trinajstić information content (AvgIpc) is 3.34. The van der Waals surface area contributed by atoms with E-state index in [1.165, 1.54) is 21.4 Å². The van der Waals surface area contributed by atoms with Gasteiger partial charge in [0.15, 0.2) is 0 Å². The summed E-state index contributed by atoms with van der Waals surface area (Å²) in [6.45, 7) is 4.52. The summed E-state index contributed by atoms with van der Waals surface area (Å²) in [6, 6.07) is 23.9. The number of carbonyl (C=O) groups excluding carboxylic acids is 2. The zero-order valence-corrected chi connectivity index (χ0v) is 20.9. The number of para-hydroxylation sites is 3. The standard InChI is InChI=1S/C30H20N2O2Se/c1-30(2)22-11-7-8-17-16-31-24-12-5-6-13-25(24)32(26(17)22)29-23(30)15-18(35-29)14-21-27(33)19-9-3-4-10-20(19)28(21)34/h3-16H,1-2H3. The van der Waals surface area contributed by atoms with Crippen molar-refractivity contribution in [1.29, 1.82) is 0 Å². The van der Waals surface area contributed by atoms with Crippen LogP contribution in [-0.2, 0) is 5.41 Å². The van der Waals surface area contributed by atoms with E-state index in [2.05, 4.69) is 49.1 Å². The molecule has 0 amide bonds. The molecule has 35 heavy (non-hydrogen) atoms. The van der Waals surface area contributed by atoms with Gasteiger partial charge in [-0.15, -0.1) is 0 Å². The number of nitrogens with zero attached hydrogens (tertiary/aromatic N) is 2. The SMILES string of the molecule is CC1(C)c2cc(C=C3C(=O)c4ccccc4C3=O)[se]c2N2c3ccccc3N=Cc3cccc1c32. The molecule has 0 radical (unpaired) electrons. The van der Waals surface area contributed by atoms with Crippen molar-refractivity contribution in [3.8, 4) is 0 Å². The predicted molar refractivity (Wildman–Crippen MR) is 141 cm³/mol. The number of anilines is 3. The number of carbonyl (C=O) groups is 2. The molecule has 3 aliphatic rings. The molecule has 0 bridgehead atoms. The number of hydrogen-bond acceptors (Lipinski definition) is 4. The Morgan fingerprint density at radius 2 is 1.57 bits per heavy atom. The van der Waals surface area contributed by atoms with E-state index in [0.717, 1.165) is 21.4 Å². The van der Waals surface area contributed by atoms with E-state index in [1.54, 1.807) is 12.1 Å². The fraction of sp³-hybridized carbons (Fsp3) is 0.100. The van der Waals surface area contributed by atoms with Gasteiger partial charge < -0.3 is 0 Å². The van der Waals surface area contributed by atoms with E-state index in [1.807, 2.05) is 42.6 Å². The van der Waals surface area contributed by atoms with E-state index < -0.39 is 0 Å². The van der Waals surface area contributed by atoms with E-state index in [9.17, 15) is 9.59 Å². The van der Waals surface area contributed by atoms with Gasteiger partial charge in [-0.25, -0.2) is 0 Å². The Labute approximate surface area is 209 Å². The summed E-state index contributed by atoms with van der Waals surface area (Å²) < 4.78 is 2.28. The Kier molecular flexibility index (Phi) is 4.18. The molecule has 3 heterocycles. The number of allylic oxidation sites excluding steroid dienone is 1. The first-order valence-electron chi connectivity index (χ1n) is 11.6. The molecule has 3 aromatic carbocycles. The van der Waals surface area contributed by atoms with Crippen molar-refractivity contribution in [2.45, 2.75) is 19.3 Å². The molecule has 0 spiro atoms. The number of ketones is 2. The molecule has 4 nitrogen and oxygen atoms in total. The fourth-order valence-electron chi connectivity index (χ4n) is 5.43. The van der Waals surface area contributed by atoms with Crippen molar-refractivity contribution in [2.75, 3.05) is 4.90 Å². The summed E-state index contributed by atoms with van der Waals surface area (Å²) in [6.07, 6.45) is 3.80. The quantitative estimate of drug-likeness (QED) is 0.147. The molecule has 5 heteroatoms. The van der Waals surface area contributed by atoms with Crippen LogP contribution in [0.5, 0.6) is 0 Å². The molecule has 0 unspecified atom stereocenters. The zero-order chi connectivity index (χ0) is 23.9. The summed E-state index contributed by atoms with van der Waals surface area (Å²) >= 11 is -0.0861. The van der Waals surface area contributed by atoms with Crippen LogP contribution in [0.2, 0.25) is 0 Å². The molecule has 168 valence electrons. The third-order valence-corrected chi connectivity index (χ3v) is 9.47. The Bertz CT molecular complexity index is 1630. The maximum atomic E-state index is 13.0. The van der Waals surface area contributed by atoms with Crippen LogP contribution in [0.25, 0.3) is 6.08 Å². The van der Waals surface area contributed by atoms with Gasteiger partial charge in [0.2, 0.25) is 0 Å². The van der Waals surface area contributed by atoms with Crippen molar-refractivity contribution >= 4 is 60.0 Å². The molecule has 1 aromatic heterocycles. The Morgan fingerprint density at radius 1 is 0.857 bits per heavy atom. The number of aliphatic imine (C=N–C) groups is 1. The number of rotatable bonds is 1. The van der Waals surface area contributed by atoms with Crippen molar-refractivity contribution in [3.63, 3.8) is 0 Å². The van der Waals surface area contributed by atoms with Crippen molar-refractivity contribution in [2.24, 2.45) is 4.99 Å². The molecular weight excluding hydrogens is 499 g/mol. The maximum absolute atomic E-state index is 13.0. The summed E-state index contributed by atoms with van der Waals surface area (Å²) in [5.74, 6) is -0.351. The average molecular weight is 519 g/mol. The van der Waals surface area contributed by atoms with Gasteiger partial charge in [-0.2, -0.15) is 0 Å². The fourth-order valence-corrected chi connectivity index (χ4v) is 8.12. The van der Waals surface area contributed by atoms with Crippen LogP contribution in [0.3, 0.4) is 0 Å². The van der Waals surface area contributed by atoms with Crippen LogP contribution < -0.4 is 4.90 Å². The first kappa shape index (κ1) is 20.6. The number of hydrogen-bond donors (Lipinski definition) is 0. The van der Waals surface area contributed by atoms with Gasteiger partial charge in [-0.3, -0.25) is 0 Å². The Balaban J connectivity index is 1.45. The van der Waals surface area contributed by atoms with Crippen LogP contribution >= 0.6 is 0 Å². The van der Waals surface area contributed by atoms with E-state index in [-0.39, 0.29) is 37.1 Å². The van der Waals surface area contributed by atoms with Gasteiger partial charge >= 0.3 is 209 Å². The first-order valence-corrected chi connectivity index (χ1v) is 13.3. The van der Waals surface area contributed by atoms with Crippen molar-refractivity contribution in [1.82, 2.24) is 0 Å². The molecular formula is C30H20N2O2Se. The third-order valence-electron chi connectivity index (χ3n) is 7.23. The zero-order valence-electron chi connectivity index (χ0n) is 19.2. The second kappa shape index (κ2) is 7.11. The van der Waals surface area contributed by atoms with Crippen LogP contribution in [0.1, 0.15) is 55.7 Å². The molecule has 0 saturated carbocycles. The number of fused-ring (bicyclic) bond motifs is 5. The molecule has 0 saturated heterocycles. The Morgan fingerprint density at radius 3 is 2.34 bits per heavy atom. The van der Waals surface area contributed by atoms with Crippen molar-refractivity contribution < 1.29 is 9.59 Å². The second-order valence-corrected chi connectivity index (χ2v) is 11.8. The molecule has 0 fully saturated rings. The van der Waals surface area contributed by atoms with Gasteiger partial charge in [0.1, 0.15) is 0 Å². The van der Waals surface area contributed by atoms with Crippen LogP contribution in [0.15, 0.2) is 83.4 Å². The third kappa shape index (κ3) is 2.77. The molecule has 4 aromatic rings. The summed E-state index contributed by atoms with van der Waals surface area (Å²) in [4.78, 5) is 33.3. The Hall–Kier alpha value is -3.79. The monoisotopic (exact) mass is 520 g/mol. The molecule has 7 rings (SSSR count).